The number of carboxylic acid groups (broad SMARTS) is 1. The Kier molecular flexibility index (Phi) is 5.73. The molecule has 104 valence electrons. The van der Waals surface area contributed by atoms with Crippen molar-refractivity contribution < 1.29 is 9.90 Å². The highest BCUT2D eigenvalue weighted by Gasteiger charge is 2.15. The van der Waals surface area contributed by atoms with Crippen molar-refractivity contribution in [3.8, 4) is 0 Å². The first kappa shape index (κ1) is 14.4. The van der Waals surface area contributed by atoms with Crippen molar-refractivity contribution >= 4 is 17.7 Å². The van der Waals surface area contributed by atoms with E-state index in [4.69, 9.17) is 0 Å². The normalized spacial score (nSPS) is 18.1. The zero-order chi connectivity index (χ0) is 13.5. The maximum absolute atomic E-state index is 11.2. The highest BCUT2D eigenvalue weighted by molar-refractivity contribution is 8.00. The Bertz CT molecular complexity index is 390. The molecule has 1 saturated heterocycles. The summed E-state index contributed by atoms with van der Waals surface area (Å²) in [5.41, 5.74) is 0. The Balaban J connectivity index is 1.84. The van der Waals surface area contributed by atoms with Gasteiger partial charge in [-0.15, -0.1) is 11.8 Å². The Hall–Kier alpha value is -1.00. The van der Waals surface area contributed by atoms with E-state index in [0.717, 1.165) is 24.5 Å². The van der Waals surface area contributed by atoms with Gasteiger partial charge in [0, 0.05) is 4.90 Å². The maximum Gasteiger partial charge on any atom is 0.0548 e. The average Bonchev–Trinajstić information content (AvgIpc) is 2.45. The predicted molar refractivity (Wildman–Crippen MR) is 76.0 cm³/mol. The van der Waals surface area contributed by atoms with E-state index < -0.39 is 11.2 Å². The van der Waals surface area contributed by atoms with Gasteiger partial charge in [0.25, 0.3) is 0 Å². The number of nitrogens with zero attached hydrogens (tertiary/aromatic N) is 1. The van der Waals surface area contributed by atoms with Gasteiger partial charge < -0.3 is 14.8 Å². The molecule has 0 spiro atoms. The first-order valence-electron chi connectivity index (χ1n) is 6.90. The van der Waals surface area contributed by atoms with Gasteiger partial charge in [0.1, 0.15) is 0 Å². The van der Waals surface area contributed by atoms with Crippen molar-refractivity contribution in [1.82, 2.24) is 4.90 Å². The van der Waals surface area contributed by atoms with Crippen LogP contribution >= 0.6 is 11.8 Å². The van der Waals surface area contributed by atoms with Gasteiger partial charge in [0.05, 0.1) is 11.2 Å². The number of hydrogen-bond donors (Lipinski definition) is 0. The molecule has 0 amide bonds. The number of carboxylic acids is 1. The minimum Gasteiger partial charge on any atom is -0.549 e. The van der Waals surface area contributed by atoms with Gasteiger partial charge in [-0.25, -0.2) is 0 Å². The predicted octanol–water partition coefficient (Wildman–Crippen LogP) is 1.77. The van der Waals surface area contributed by atoms with Crippen LogP contribution in [0.25, 0.3) is 0 Å². The monoisotopic (exact) mass is 278 g/mol. The molecule has 0 N–H and O–H groups in total. The van der Waals surface area contributed by atoms with Gasteiger partial charge in [-0.2, -0.15) is 0 Å². The minimum atomic E-state index is -0.953. The molecule has 1 aromatic rings. The number of carbonyl (C=O) groups is 1. The minimum absolute atomic E-state index is 0.454. The fraction of sp³-hybridized carbons (Fsp3) is 0.533. The van der Waals surface area contributed by atoms with E-state index in [2.05, 4.69) is 4.90 Å². The zero-order valence-corrected chi connectivity index (χ0v) is 11.9. The summed E-state index contributed by atoms with van der Waals surface area (Å²) in [6, 6.07) is 9.69. The third-order valence-corrected chi connectivity index (χ3v) is 4.70. The van der Waals surface area contributed by atoms with E-state index >= 15 is 0 Å². The lowest BCUT2D eigenvalue weighted by molar-refractivity contribution is -0.304. The van der Waals surface area contributed by atoms with Crippen molar-refractivity contribution in [3.05, 3.63) is 30.3 Å². The first-order chi connectivity index (χ1) is 9.25. The summed E-state index contributed by atoms with van der Waals surface area (Å²) in [6.07, 6.45) is 4.44. The van der Waals surface area contributed by atoms with E-state index in [1.807, 2.05) is 30.3 Å². The van der Waals surface area contributed by atoms with Gasteiger partial charge in [-0.05, 0) is 51.0 Å². The van der Waals surface area contributed by atoms with Crippen LogP contribution in [0.4, 0.5) is 0 Å². The molecule has 0 aliphatic carbocycles. The number of piperidine rings is 1. The van der Waals surface area contributed by atoms with Crippen molar-refractivity contribution in [1.29, 1.82) is 0 Å². The molecule has 0 aromatic heterocycles. The van der Waals surface area contributed by atoms with Gasteiger partial charge in [0.2, 0.25) is 0 Å². The Labute approximate surface area is 119 Å². The van der Waals surface area contributed by atoms with Crippen LogP contribution in [-0.2, 0) is 4.79 Å². The molecule has 0 radical (unpaired) electrons. The maximum atomic E-state index is 11.2. The Morgan fingerprint density at radius 1 is 1.21 bits per heavy atom. The molecule has 3 nitrogen and oxygen atoms in total. The number of rotatable bonds is 6. The SMILES string of the molecule is O=C([O-])C(CCN1CCCCC1)Sc1ccccc1. The third kappa shape index (κ3) is 4.88. The number of carbonyl (C=O) groups excluding carboxylic acids is 1. The lowest BCUT2D eigenvalue weighted by Crippen LogP contribution is -2.38. The van der Waals surface area contributed by atoms with Crippen LogP contribution in [0.3, 0.4) is 0 Å². The molecule has 2 rings (SSSR count). The van der Waals surface area contributed by atoms with Crippen molar-refractivity contribution in [2.45, 2.75) is 35.8 Å². The number of hydrogen-bond acceptors (Lipinski definition) is 4. The smallest absolute Gasteiger partial charge is 0.0548 e. The molecule has 1 aliphatic rings. The molecule has 0 bridgehead atoms. The van der Waals surface area contributed by atoms with E-state index in [-0.39, 0.29) is 0 Å². The van der Waals surface area contributed by atoms with Crippen LogP contribution in [0.15, 0.2) is 35.2 Å². The van der Waals surface area contributed by atoms with Crippen molar-refractivity contribution in [2.75, 3.05) is 19.6 Å². The van der Waals surface area contributed by atoms with Crippen LogP contribution in [-0.4, -0.2) is 35.8 Å². The van der Waals surface area contributed by atoms with E-state index in [9.17, 15) is 9.90 Å². The molecule has 19 heavy (non-hydrogen) atoms. The van der Waals surface area contributed by atoms with Crippen LogP contribution in [0, 0.1) is 0 Å². The molecular weight excluding hydrogens is 258 g/mol. The second-order valence-corrected chi connectivity index (χ2v) is 6.21. The van der Waals surface area contributed by atoms with Gasteiger partial charge in [-0.1, -0.05) is 24.6 Å². The third-order valence-electron chi connectivity index (χ3n) is 3.44. The molecule has 1 atom stereocenters. The summed E-state index contributed by atoms with van der Waals surface area (Å²) >= 11 is 1.40. The van der Waals surface area contributed by atoms with Crippen molar-refractivity contribution in [3.63, 3.8) is 0 Å². The number of thioether (sulfide) groups is 1. The van der Waals surface area contributed by atoms with E-state index in [0.29, 0.717) is 6.42 Å². The lowest BCUT2D eigenvalue weighted by Gasteiger charge is -2.28. The highest BCUT2D eigenvalue weighted by Crippen LogP contribution is 2.25. The fourth-order valence-corrected chi connectivity index (χ4v) is 3.33. The van der Waals surface area contributed by atoms with Crippen molar-refractivity contribution in [2.24, 2.45) is 0 Å². The topological polar surface area (TPSA) is 43.4 Å². The average molecular weight is 278 g/mol. The second-order valence-electron chi connectivity index (χ2n) is 4.93. The van der Waals surface area contributed by atoms with E-state index in [1.54, 1.807) is 0 Å². The largest absolute Gasteiger partial charge is 0.549 e. The summed E-state index contributed by atoms with van der Waals surface area (Å²) in [4.78, 5) is 14.6. The van der Waals surface area contributed by atoms with Crippen LogP contribution < -0.4 is 5.11 Å². The Morgan fingerprint density at radius 3 is 2.53 bits per heavy atom. The number of likely N-dealkylation sites (tertiary alicyclic amines) is 1. The highest BCUT2D eigenvalue weighted by atomic mass is 32.2. The molecule has 4 heteroatoms. The summed E-state index contributed by atoms with van der Waals surface area (Å²) < 4.78 is 0. The molecule has 1 fully saturated rings. The van der Waals surface area contributed by atoms with E-state index in [1.165, 1.54) is 31.0 Å². The van der Waals surface area contributed by atoms with Gasteiger partial charge in [-0.3, -0.25) is 0 Å². The quantitative estimate of drug-likeness (QED) is 0.744. The molecule has 1 heterocycles. The summed E-state index contributed by atoms with van der Waals surface area (Å²) in [7, 11) is 0. The molecule has 1 aliphatic heterocycles. The summed E-state index contributed by atoms with van der Waals surface area (Å²) in [5.74, 6) is -0.953. The fourth-order valence-electron chi connectivity index (χ4n) is 2.37. The second kappa shape index (κ2) is 7.56. The van der Waals surface area contributed by atoms with Gasteiger partial charge >= 0.3 is 0 Å². The van der Waals surface area contributed by atoms with Crippen LogP contribution in [0.2, 0.25) is 0 Å². The first-order valence-corrected chi connectivity index (χ1v) is 7.78. The standard InChI is InChI=1S/C15H21NO2S/c17-15(18)14(19-13-7-3-1-4-8-13)9-12-16-10-5-2-6-11-16/h1,3-4,7-8,14H,2,5-6,9-12H2,(H,17,18)/p-1. The van der Waals surface area contributed by atoms with Gasteiger partial charge in [0.15, 0.2) is 0 Å². The Morgan fingerprint density at radius 2 is 1.89 bits per heavy atom. The molecule has 0 saturated carbocycles. The number of aliphatic carboxylic acids is 1. The lowest BCUT2D eigenvalue weighted by atomic mass is 10.1. The summed E-state index contributed by atoms with van der Waals surface area (Å²) in [5, 5.41) is 10.8. The zero-order valence-electron chi connectivity index (χ0n) is 11.1. The summed E-state index contributed by atoms with van der Waals surface area (Å²) in [6.45, 7) is 3.07. The molecule has 1 unspecified atom stereocenters. The van der Waals surface area contributed by atoms with Crippen LogP contribution in [0.5, 0.6) is 0 Å². The molecular formula is C15H20NO2S-. The number of benzene rings is 1. The van der Waals surface area contributed by atoms with Crippen LogP contribution in [0.1, 0.15) is 25.7 Å². The molecule has 1 aromatic carbocycles.